The Morgan fingerprint density at radius 3 is 2.45 bits per heavy atom. The van der Waals surface area contributed by atoms with Crippen molar-refractivity contribution in [2.45, 2.75) is 50.9 Å². The quantitative estimate of drug-likeness (QED) is 0.585. The molecule has 6 nitrogen and oxygen atoms in total. The number of ether oxygens (including phenoxy) is 2. The second kappa shape index (κ2) is 9.98. The Bertz CT molecular complexity index is 979. The van der Waals surface area contributed by atoms with E-state index in [4.69, 9.17) is 14.6 Å². The van der Waals surface area contributed by atoms with E-state index >= 15 is 0 Å². The molecule has 0 radical (unpaired) electrons. The molecule has 4 rings (SSSR count). The smallest absolute Gasteiger partial charge is 0.161 e. The maximum atomic E-state index is 9.79. The number of methoxy groups -OCH3 is 2. The van der Waals surface area contributed by atoms with E-state index in [-0.39, 0.29) is 6.10 Å². The van der Waals surface area contributed by atoms with Crippen LogP contribution in [-0.4, -0.2) is 41.3 Å². The predicted molar refractivity (Wildman–Crippen MR) is 120 cm³/mol. The van der Waals surface area contributed by atoms with Crippen LogP contribution in [0.15, 0.2) is 54.7 Å². The second-order valence-electron chi connectivity index (χ2n) is 8.26. The van der Waals surface area contributed by atoms with Crippen molar-refractivity contribution in [2.24, 2.45) is 0 Å². The van der Waals surface area contributed by atoms with E-state index in [1.165, 1.54) is 11.1 Å². The molecule has 3 N–H and O–H groups in total. The first kappa shape index (κ1) is 21.4. The van der Waals surface area contributed by atoms with Crippen molar-refractivity contribution in [3.05, 3.63) is 65.9 Å². The van der Waals surface area contributed by atoms with Crippen molar-refractivity contribution in [3.63, 3.8) is 0 Å². The van der Waals surface area contributed by atoms with Gasteiger partial charge in [-0.05, 0) is 36.6 Å². The molecule has 0 amide bonds. The van der Waals surface area contributed by atoms with E-state index in [2.05, 4.69) is 35.8 Å². The third kappa shape index (κ3) is 5.27. The molecule has 2 aromatic carbocycles. The normalized spacial score (nSPS) is 18.7. The highest BCUT2D eigenvalue weighted by molar-refractivity contribution is 5.66. The lowest BCUT2D eigenvalue weighted by Crippen LogP contribution is -2.89. The van der Waals surface area contributed by atoms with Gasteiger partial charge in [-0.3, -0.25) is 4.68 Å². The average molecular weight is 423 g/mol. The zero-order valence-electron chi connectivity index (χ0n) is 18.3. The molecular formula is C25H32N3O3+. The lowest BCUT2D eigenvalue weighted by molar-refractivity contribution is -0.707. The minimum atomic E-state index is -0.124. The number of rotatable bonds is 8. The molecule has 1 aliphatic rings. The fourth-order valence-corrected chi connectivity index (χ4v) is 4.32. The molecule has 6 heteroatoms. The molecule has 1 heterocycles. The van der Waals surface area contributed by atoms with E-state index in [1.54, 1.807) is 14.2 Å². The first-order chi connectivity index (χ1) is 15.2. The van der Waals surface area contributed by atoms with E-state index in [0.717, 1.165) is 50.0 Å². The number of nitrogens with two attached hydrogens (primary N) is 1. The number of quaternary nitrogens is 1. The molecule has 0 saturated heterocycles. The SMILES string of the molecule is COc1ccc(-c2nn(Cc3ccccc3)cc2C[NH2+]C2CCC(O)CC2)cc1OC. The summed E-state index contributed by atoms with van der Waals surface area (Å²) < 4.78 is 12.9. The molecule has 1 aliphatic carbocycles. The van der Waals surface area contributed by atoms with Crippen molar-refractivity contribution >= 4 is 0 Å². The zero-order chi connectivity index (χ0) is 21.6. The largest absolute Gasteiger partial charge is 0.493 e. The maximum absolute atomic E-state index is 9.79. The summed E-state index contributed by atoms with van der Waals surface area (Å²) in [7, 11) is 3.30. The Hall–Kier alpha value is -2.83. The van der Waals surface area contributed by atoms with Gasteiger partial charge in [0.1, 0.15) is 12.2 Å². The van der Waals surface area contributed by atoms with Crippen LogP contribution in [0.25, 0.3) is 11.3 Å². The van der Waals surface area contributed by atoms with Crippen LogP contribution >= 0.6 is 0 Å². The number of aliphatic hydroxyl groups excluding tert-OH is 1. The van der Waals surface area contributed by atoms with Crippen molar-refractivity contribution in [2.75, 3.05) is 14.2 Å². The van der Waals surface area contributed by atoms with Gasteiger partial charge in [0.05, 0.1) is 38.5 Å². The van der Waals surface area contributed by atoms with Crippen LogP contribution < -0.4 is 14.8 Å². The Morgan fingerprint density at radius 2 is 1.74 bits per heavy atom. The summed E-state index contributed by atoms with van der Waals surface area (Å²) in [5, 5.41) is 17.1. The molecule has 31 heavy (non-hydrogen) atoms. The third-order valence-electron chi connectivity index (χ3n) is 6.09. The molecule has 0 bridgehead atoms. The van der Waals surface area contributed by atoms with Gasteiger partial charge in [-0.2, -0.15) is 5.10 Å². The summed E-state index contributed by atoms with van der Waals surface area (Å²) >= 11 is 0. The highest BCUT2D eigenvalue weighted by atomic mass is 16.5. The molecule has 1 fully saturated rings. The standard InChI is InChI=1S/C25H31N3O3/c1-30-23-13-8-19(14-24(23)31-2)25-20(15-26-21-9-11-22(29)12-10-21)17-28(27-25)16-18-6-4-3-5-7-18/h3-8,13-14,17,21-22,26,29H,9-12,15-16H2,1-2H3/p+1. The van der Waals surface area contributed by atoms with Gasteiger partial charge < -0.3 is 19.9 Å². The summed E-state index contributed by atoms with van der Waals surface area (Å²) in [5.74, 6) is 1.41. The molecule has 164 valence electrons. The molecule has 0 aliphatic heterocycles. The fourth-order valence-electron chi connectivity index (χ4n) is 4.32. The van der Waals surface area contributed by atoms with Crippen LogP contribution in [0.5, 0.6) is 11.5 Å². The van der Waals surface area contributed by atoms with Gasteiger partial charge in [0.2, 0.25) is 0 Å². The topological polar surface area (TPSA) is 73.1 Å². The lowest BCUT2D eigenvalue weighted by atomic mass is 9.93. The van der Waals surface area contributed by atoms with Crippen LogP contribution in [-0.2, 0) is 13.1 Å². The van der Waals surface area contributed by atoms with Crippen molar-refractivity contribution in [1.82, 2.24) is 9.78 Å². The molecular weight excluding hydrogens is 390 g/mol. The molecule has 1 saturated carbocycles. The lowest BCUT2D eigenvalue weighted by Gasteiger charge is -2.23. The van der Waals surface area contributed by atoms with E-state index < -0.39 is 0 Å². The van der Waals surface area contributed by atoms with Gasteiger partial charge in [0.15, 0.2) is 11.5 Å². The summed E-state index contributed by atoms with van der Waals surface area (Å²) in [4.78, 5) is 0. The monoisotopic (exact) mass is 422 g/mol. The number of aliphatic hydroxyl groups is 1. The third-order valence-corrected chi connectivity index (χ3v) is 6.09. The highest BCUT2D eigenvalue weighted by Crippen LogP contribution is 2.33. The van der Waals surface area contributed by atoms with Gasteiger partial charge in [-0.15, -0.1) is 0 Å². The van der Waals surface area contributed by atoms with E-state index in [9.17, 15) is 5.11 Å². The van der Waals surface area contributed by atoms with E-state index in [1.807, 2.05) is 28.9 Å². The van der Waals surface area contributed by atoms with Crippen LogP contribution in [0.1, 0.15) is 36.8 Å². The molecule has 3 aromatic rings. The van der Waals surface area contributed by atoms with Crippen LogP contribution in [0.2, 0.25) is 0 Å². The van der Waals surface area contributed by atoms with Crippen LogP contribution in [0, 0.1) is 0 Å². The first-order valence-electron chi connectivity index (χ1n) is 11.0. The molecule has 0 atom stereocenters. The van der Waals surface area contributed by atoms with Crippen molar-refractivity contribution < 1.29 is 19.9 Å². The molecule has 0 spiro atoms. The Morgan fingerprint density at radius 1 is 1.00 bits per heavy atom. The van der Waals surface area contributed by atoms with Crippen molar-refractivity contribution in [1.29, 1.82) is 0 Å². The van der Waals surface area contributed by atoms with Gasteiger partial charge in [0.25, 0.3) is 0 Å². The van der Waals surface area contributed by atoms with Crippen LogP contribution in [0.3, 0.4) is 0 Å². The summed E-state index contributed by atoms with van der Waals surface area (Å²) in [6.45, 7) is 1.59. The zero-order valence-corrected chi connectivity index (χ0v) is 18.3. The Labute approximate surface area is 183 Å². The summed E-state index contributed by atoms with van der Waals surface area (Å²) in [5.41, 5.74) is 4.42. The minimum absolute atomic E-state index is 0.124. The van der Waals surface area contributed by atoms with Gasteiger partial charge in [-0.1, -0.05) is 30.3 Å². The first-order valence-corrected chi connectivity index (χ1v) is 11.0. The maximum Gasteiger partial charge on any atom is 0.161 e. The van der Waals surface area contributed by atoms with E-state index in [0.29, 0.717) is 17.5 Å². The minimum Gasteiger partial charge on any atom is -0.493 e. The second-order valence-corrected chi connectivity index (χ2v) is 8.26. The highest BCUT2D eigenvalue weighted by Gasteiger charge is 2.23. The number of hydrogen-bond acceptors (Lipinski definition) is 4. The number of aromatic nitrogens is 2. The van der Waals surface area contributed by atoms with Gasteiger partial charge in [-0.25, -0.2) is 0 Å². The number of benzene rings is 2. The fraction of sp³-hybridized carbons (Fsp3) is 0.400. The summed E-state index contributed by atoms with van der Waals surface area (Å²) in [6.07, 6.45) is 5.96. The Kier molecular flexibility index (Phi) is 6.89. The number of nitrogens with zero attached hydrogens (tertiary/aromatic N) is 2. The Balaban J connectivity index is 1.60. The van der Waals surface area contributed by atoms with Gasteiger partial charge >= 0.3 is 0 Å². The van der Waals surface area contributed by atoms with Crippen molar-refractivity contribution in [3.8, 4) is 22.8 Å². The van der Waals surface area contributed by atoms with Crippen LogP contribution in [0.4, 0.5) is 0 Å². The predicted octanol–water partition coefficient (Wildman–Crippen LogP) is 2.98. The number of hydrogen-bond donors (Lipinski definition) is 2. The van der Waals surface area contributed by atoms with Gasteiger partial charge in [0, 0.05) is 24.6 Å². The molecule has 0 unspecified atom stereocenters. The average Bonchev–Trinajstić information content (AvgIpc) is 3.21. The summed E-state index contributed by atoms with van der Waals surface area (Å²) in [6, 6.07) is 16.9. The molecule has 1 aromatic heterocycles.